The van der Waals surface area contributed by atoms with Crippen molar-refractivity contribution in [3.63, 3.8) is 0 Å². The molecule has 2 aromatic heterocycles. The quantitative estimate of drug-likeness (QED) is 0.531. The molecule has 0 saturated carbocycles. The minimum atomic E-state index is -0.408. The number of pyridine rings is 1. The van der Waals surface area contributed by atoms with E-state index in [4.69, 9.17) is 10.5 Å². The van der Waals surface area contributed by atoms with Crippen molar-refractivity contribution < 1.29 is 13.9 Å². The van der Waals surface area contributed by atoms with Gasteiger partial charge in [-0.2, -0.15) is 5.10 Å². The maximum absolute atomic E-state index is 14.1. The Morgan fingerprint density at radius 3 is 2.88 bits per heavy atom. The molecule has 8 nitrogen and oxygen atoms in total. The largest absolute Gasteiger partial charge is 0.482 e. The first-order valence-electron chi connectivity index (χ1n) is 11.0. The van der Waals surface area contributed by atoms with E-state index in [1.165, 1.54) is 6.07 Å². The fraction of sp³-hybridized carbons (Fsp3) is 0.375. The molecule has 1 saturated heterocycles. The molecule has 3 heterocycles. The number of nitrogens with two attached hydrogens (primary N) is 1. The molecule has 0 bridgehead atoms. The van der Waals surface area contributed by atoms with Gasteiger partial charge in [0.1, 0.15) is 11.9 Å². The number of nitrogens with zero attached hydrogens (tertiary/aromatic N) is 3. The molecule has 3 unspecified atom stereocenters. The third kappa shape index (κ3) is 4.54. The highest BCUT2D eigenvalue weighted by Crippen LogP contribution is 2.33. The fourth-order valence-corrected chi connectivity index (χ4v) is 4.40. The minimum Gasteiger partial charge on any atom is -0.482 e. The highest BCUT2D eigenvalue weighted by Gasteiger charge is 2.30. The van der Waals surface area contributed by atoms with Crippen LogP contribution in [0.25, 0.3) is 11.1 Å². The first-order chi connectivity index (χ1) is 15.8. The summed E-state index contributed by atoms with van der Waals surface area (Å²) in [6.45, 7) is 6.21. The molecule has 0 radical (unpaired) electrons. The number of hydrogen-bond donors (Lipinski definition) is 3. The minimum absolute atomic E-state index is 0.0210. The van der Waals surface area contributed by atoms with Crippen molar-refractivity contribution in [3.05, 3.63) is 59.3 Å². The standard InChI is InChI=1S/C24H29FN6O2/c1-13-5-6-19(25)14(2)22(13)15(3)33-21-7-16(9-29-23(21)26)17-10-30-31(12-17)18-8-20(28-11-18)24(32)27-4/h5-7,9-10,12,15,18,20,28H,8,11H2,1-4H3,(H2,26,29)(H,27,32). The van der Waals surface area contributed by atoms with E-state index in [-0.39, 0.29) is 29.6 Å². The number of carbonyl (C=O) groups is 1. The Balaban J connectivity index is 1.54. The number of hydrogen-bond acceptors (Lipinski definition) is 6. The number of rotatable bonds is 6. The molecule has 1 amide bonds. The predicted octanol–water partition coefficient (Wildman–Crippen LogP) is 3.07. The summed E-state index contributed by atoms with van der Waals surface area (Å²) in [6.07, 6.45) is 5.62. The van der Waals surface area contributed by atoms with Crippen molar-refractivity contribution in [1.82, 2.24) is 25.4 Å². The first-order valence-corrected chi connectivity index (χ1v) is 11.0. The second-order valence-electron chi connectivity index (χ2n) is 8.44. The molecular formula is C24H29FN6O2. The third-order valence-corrected chi connectivity index (χ3v) is 6.24. The van der Waals surface area contributed by atoms with E-state index in [0.717, 1.165) is 22.3 Å². The SMILES string of the molecule is CNC(=O)C1CC(n2cc(-c3cnc(N)c(OC(C)c4c(C)ccc(F)c4C)c3)cn2)CN1. The van der Waals surface area contributed by atoms with Gasteiger partial charge in [0.25, 0.3) is 0 Å². The Morgan fingerprint density at radius 1 is 1.33 bits per heavy atom. The smallest absolute Gasteiger partial charge is 0.236 e. The van der Waals surface area contributed by atoms with Crippen LogP contribution in [0.3, 0.4) is 0 Å². The van der Waals surface area contributed by atoms with Crippen LogP contribution in [0.15, 0.2) is 36.8 Å². The van der Waals surface area contributed by atoms with Gasteiger partial charge in [0.05, 0.1) is 18.3 Å². The van der Waals surface area contributed by atoms with Gasteiger partial charge in [0, 0.05) is 42.7 Å². The molecule has 1 aliphatic heterocycles. The summed E-state index contributed by atoms with van der Waals surface area (Å²) >= 11 is 0. The van der Waals surface area contributed by atoms with Gasteiger partial charge < -0.3 is 21.1 Å². The van der Waals surface area contributed by atoms with Crippen molar-refractivity contribution in [2.75, 3.05) is 19.3 Å². The van der Waals surface area contributed by atoms with Crippen molar-refractivity contribution >= 4 is 11.7 Å². The summed E-state index contributed by atoms with van der Waals surface area (Å²) < 4.78 is 22.1. The van der Waals surface area contributed by atoms with Gasteiger partial charge in [-0.1, -0.05) is 6.07 Å². The molecule has 4 rings (SSSR count). The molecule has 0 aliphatic carbocycles. The maximum atomic E-state index is 14.1. The fourth-order valence-electron chi connectivity index (χ4n) is 4.40. The number of nitrogens with one attached hydrogen (secondary N) is 2. The van der Waals surface area contributed by atoms with E-state index in [1.54, 1.807) is 32.4 Å². The zero-order chi connectivity index (χ0) is 23.7. The van der Waals surface area contributed by atoms with Crippen LogP contribution in [0.1, 0.15) is 42.2 Å². The second kappa shape index (κ2) is 9.19. The molecule has 3 atom stereocenters. The van der Waals surface area contributed by atoms with E-state index < -0.39 is 6.10 Å². The molecule has 0 spiro atoms. The van der Waals surface area contributed by atoms with Crippen LogP contribution in [-0.2, 0) is 4.79 Å². The van der Waals surface area contributed by atoms with Gasteiger partial charge in [-0.3, -0.25) is 9.48 Å². The van der Waals surface area contributed by atoms with Crippen LogP contribution in [-0.4, -0.2) is 40.3 Å². The number of amides is 1. The van der Waals surface area contributed by atoms with Crippen LogP contribution in [0.5, 0.6) is 5.75 Å². The number of ether oxygens (including phenoxy) is 1. The van der Waals surface area contributed by atoms with E-state index >= 15 is 0 Å². The zero-order valence-electron chi connectivity index (χ0n) is 19.2. The monoisotopic (exact) mass is 452 g/mol. The Kier molecular flexibility index (Phi) is 6.33. The highest BCUT2D eigenvalue weighted by atomic mass is 19.1. The van der Waals surface area contributed by atoms with E-state index in [0.29, 0.717) is 24.3 Å². The number of carbonyl (C=O) groups excluding carboxylic acids is 1. The summed E-state index contributed by atoms with van der Waals surface area (Å²) in [7, 11) is 1.63. The van der Waals surface area contributed by atoms with Gasteiger partial charge >= 0.3 is 0 Å². The van der Waals surface area contributed by atoms with Crippen LogP contribution in [0, 0.1) is 19.7 Å². The van der Waals surface area contributed by atoms with E-state index in [1.807, 2.05) is 30.8 Å². The summed E-state index contributed by atoms with van der Waals surface area (Å²) in [4.78, 5) is 16.2. The first kappa shape index (κ1) is 22.7. The van der Waals surface area contributed by atoms with Gasteiger partial charge in [0.15, 0.2) is 11.6 Å². The molecule has 1 aromatic carbocycles. The molecular weight excluding hydrogens is 423 g/mol. The number of aryl methyl sites for hydroxylation is 1. The molecule has 1 aliphatic rings. The van der Waals surface area contributed by atoms with Crippen molar-refractivity contribution in [2.24, 2.45) is 0 Å². The van der Waals surface area contributed by atoms with Crippen molar-refractivity contribution in [3.8, 4) is 16.9 Å². The molecule has 9 heteroatoms. The number of benzene rings is 1. The Bertz CT molecular complexity index is 1180. The maximum Gasteiger partial charge on any atom is 0.236 e. The average Bonchev–Trinajstić information content (AvgIpc) is 3.47. The van der Waals surface area contributed by atoms with Crippen molar-refractivity contribution in [2.45, 2.75) is 45.4 Å². The third-order valence-electron chi connectivity index (χ3n) is 6.24. The number of anilines is 1. The Hall–Kier alpha value is -3.46. The average molecular weight is 453 g/mol. The lowest BCUT2D eigenvalue weighted by atomic mass is 9.98. The lowest BCUT2D eigenvalue weighted by Crippen LogP contribution is -2.38. The molecule has 1 fully saturated rings. The number of likely N-dealkylation sites (N-methyl/N-ethyl adjacent to an activating group) is 1. The lowest BCUT2D eigenvalue weighted by molar-refractivity contribution is -0.122. The Morgan fingerprint density at radius 2 is 2.12 bits per heavy atom. The normalized spacial score (nSPS) is 18.8. The lowest BCUT2D eigenvalue weighted by Gasteiger charge is -2.20. The molecule has 33 heavy (non-hydrogen) atoms. The Labute approximate surface area is 192 Å². The number of halogens is 1. The summed E-state index contributed by atoms with van der Waals surface area (Å²) in [6, 6.07) is 4.90. The van der Waals surface area contributed by atoms with Crippen molar-refractivity contribution in [1.29, 1.82) is 0 Å². The van der Waals surface area contributed by atoms with E-state index in [2.05, 4.69) is 20.7 Å². The second-order valence-corrected chi connectivity index (χ2v) is 8.44. The van der Waals surface area contributed by atoms with Crippen LogP contribution in [0.2, 0.25) is 0 Å². The zero-order valence-corrected chi connectivity index (χ0v) is 19.2. The number of nitrogen functional groups attached to an aromatic ring is 1. The summed E-state index contributed by atoms with van der Waals surface area (Å²) in [5.41, 5.74) is 10.1. The van der Waals surface area contributed by atoms with E-state index in [9.17, 15) is 9.18 Å². The molecule has 3 aromatic rings. The predicted molar refractivity (Wildman–Crippen MR) is 124 cm³/mol. The van der Waals surface area contributed by atoms with Gasteiger partial charge in [-0.25, -0.2) is 9.37 Å². The van der Waals surface area contributed by atoms with Crippen LogP contribution < -0.4 is 21.1 Å². The molecule has 174 valence electrons. The molecule has 4 N–H and O–H groups in total. The topological polar surface area (TPSA) is 107 Å². The summed E-state index contributed by atoms with van der Waals surface area (Å²) in [5, 5.41) is 10.4. The van der Waals surface area contributed by atoms with Gasteiger partial charge in [-0.15, -0.1) is 0 Å². The van der Waals surface area contributed by atoms with Gasteiger partial charge in [-0.05, 0) is 50.5 Å². The van der Waals surface area contributed by atoms with Crippen LogP contribution in [0.4, 0.5) is 10.2 Å². The van der Waals surface area contributed by atoms with Gasteiger partial charge in [0.2, 0.25) is 5.91 Å². The highest BCUT2D eigenvalue weighted by molar-refractivity contribution is 5.81. The number of aromatic nitrogens is 3. The summed E-state index contributed by atoms with van der Waals surface area (Å²) in [5.74, 6) is 0.404. The van der Waals surface area contributed by atoms with Crippen LogP contribution >= 0.6 is 0 Å².